The van der Waals surface area contributed by atoms with E-state index in [9.17, 15) is 4.79 Å². The zero-order chi connectivity index (χ0) is 21.5. The molecule has 3 aromatic carbocycles. The van der Waals surface area contributed by atoms with E-state index in [4.69, 9.17) is 22.1 Å². The maximum atomic E-state index is 12.8. The quantitative estimate of drug-likeness (QED) is 0.419. The lowest BCUT2D eigenvalue weighted by Crippen LogP contribution is -2.20. The molecule has 2 N–H and O–H groups in total. The van der Waals surface area contributed by atoms with E-state index in [0.29, 0.717) is 29.3 Å². The van der Waals surface area contributed by atoms with Gasteiger partial charge in [-0.1, -0.05) is 66.2 Å². The summed E-state index contributed by atoms with van der Waals surface area (Å²) in [5.74, 6) is 0.715. The lowest BCUT2D eigenvalue weighted by molar-refractivity contribution is 0.0962. The molecule has 30 heavy (non-hydrogen) atoms. The molecule has 0 unspecified atom stereocenters. The number of ether oxygens (including phenoxy) is 1. The highest BCUT2D eigenvalue weighted by Crippen LogP contribution is 2.28. The second-order valence-corrected chi connectivity index (χ2v) is 8.22. The molecule has 0 aliphatic heterocycles. The molecule has 0 radical (unpaired) electrons. The van der Waals surface area contributed by atoms with Crippen molar-refractivity contribution in [1.82, 2.24) is 0 Å². The Hall–Kier alpha value is -2.62. The highest BCUT2D eigenvalue weighted by molar-refractivity contribution is 6.32. The van der Waals surface area contributed by atoms with E-state index >= 15 is 0 Å². The standard InChI is InChI=1S/C26H28ClNO2/c1-18(2)30-26-13-12-23(16-24(26)27)25(29)15-20(17-28)14-19-8-10-22(11-9-19)21-6-4-3-5-7-21/h3-13,16,18,20H,14-15,17,28H2,1-2H3/t20-/m1/s1. The highest BCUT2D eigenvalue weighted by Gasteiger charge is 2.16. The topological polar surface area (TPSA) is 52.3 Å². The predicted octanol–water partition coefficient (Wildman–Crippen LogP) is 6.18. The Balaban J connectivity index is 1.64. The molecule has 3 nitrogen and oxygen atoms in total. The van der Waals surface area contributed by atoms with Gasteiger partial charge in [0.05, 0.1) is 11.1 Å². The molecule has 0 fully saturated rings. The molecule has 0 saturated heterocycles. The molecule has 0 spiro atoms. The van der Waals surface area contributed by atoms with E-state index in [1.807, 2.05) is 32.0 Å². The second-order valence-electron chi connectivity index (χ2n) is 7.81. The molecule has 0 bridgehead atoms. The first-order valence-electron chi connectivity index (χ1n) is 10.3. The smallest absolute Gasteiger partial charge is 0.163 e. The average molecular weight is 422 g/mol. The first-order valence-corrected chi connectivity index (χ1v) is 10.7. The van der Waals surface area contributed by atoms with Gasteiger partial charge in [0.15, 0.2) is 5.78 Å². The first-order chi connectivity index (χ1) is 14.5. The number of Topliss-reactive ketones (excluding diaryl/α,β-unsaturated/α-hetero) is 1. The minimum atomic E-state index is 0.0268. The number of rotatable bonds is 9. The van der Waals surface area contributed by atoms with Crippen LogP contribution in [0, 0.1) is 5.92 Å². The molecule has 0 saturated carbocycles. The Morgan fingerprint density at radius 2 is 1.63 bits per heavy atom. The maximum Gasteiger partial charge on any atom is 0.163 e. The van der Waals surface area contributed by atoms with Crippen LogP contribution in [0.4, 0.5) is 0 Å². The molecule has 0 aliphatic carbocycles. The molecular formula is C26H28ClNO2. The van der Waals surface area contributed by atoms with Crippen LogP contribution in [-0.2, 0) is 6.42 Å². The minimum Gasteiger partial charge on any atom is -0.489 e. The van der Waals surface area contributed by atoms with Crippen molar-refractivity contribution in [2.24, 2.45) is 11.7 Å². The van der Waals surface area contributed by atoms with Crippen LogP contribution in [0.15, 0.2) is 72.8 Å². The number of carbonyl (C=O) groups excluding carboxylic acids is 1. The summed E-state index contributed by atoms with van der Waals surface area (Å²) in [5, 5.41) is 0.454. The van der Waals surface area contributed by atoms with Gasteiger partial charge in [-0.15, -0.1) is 0 Å². The molecule has 3 aromatic rings. The largest absolute Gasteiger partial charge is 0.489 e. The third kappa shape index (κ3) is 5.94. The zero-order valence-corrected chi connectivity index (χ0v) is 18.2. The van der Waals surface area contributed by atoms with Crippen molar-refractivity contribution in [2.75, 3.05) is 6.54 Å². The van der Waals surface area contributed by atoms with E-state index in [1.54, 1.807) is 18.2 Å². The molecular weight excluding hydrogens is 394 g/mol. The summed E-state index contributed by atoms with van der Waals surface area (Å²) in [6.45, 7) is 4.33. The van der Waals surface area contributed by atoms with Gasteiger partial charge < -0.3 is 10.5 Å². The monoisotopic (exact) mass is 421 g/mol. The average Bonchev–Trinajstić information content (AvgIpc) is 2.75. The third-order valence-corrected chi connectivity index (χ3v) is 5.30. The van der Waals surface area contributed by atoms with Gasteiger partial charge in [-0.05, 0) is 67.6 Å². The van der Waals surface area contributed by atoms with Crippen molar-refractivity contribution in [1.29, 1.82) is 0 Å². The van der Waals surface area contributed by atoms with E-state index in [1.165, 1.54) is 16.7 Å². The normalized spacial score (nSPS) is 12.0. The highest BCUT2D eigenvalue weighted by atomic mass is 35.5. The molecule has 1 atom stereocenters. The number of ketones is 1. The fraction of sp³-hybridized carbons (Fsp3) is 0.269. The fourth-order valence-electron chi connectivity index (χ4n) is 3.44. The Labute approximate surface area is 183 Å². The van der Waals surface area contributed by atoms with Crippen molar-refractivity contribution in [2.45, 2.75) is 32.8 Å². The molecule has 0 aromatic heterocycles. The van der Waals surface area contributed by atoms with Gasteiger partial charge in [-0.25, -0.2) is 0 Å². The van der Waals surface area contributed by atoms with Crippen molar-refractivity contribution in [3.63, 3.8) is 0 Å². The summed E-state index contributed by atoms with van der Waals surface area (Å²) in [5.41, 5.74) is 10.1. The van der Waals surface area contributed by atoms with Gasteiger partial charge in [-0.2, -0.15) is 0 Å². The lowest BCUT2D eigenvalue weighted by Gasteiger charge is -2.16. The molecule has 0 amide bonds. The number of nitrogens with two attached hydrogens (primary N) is 1. The summed E-state index contributed by atoms with van der Waals surface area (Å²) in [6.07, 6.45) is 1.18. The maximum absolute atomic E-state index is 12.8. The van der Waals surface area contributed by atoms with Gasteiger partial charge in [0.1, 0.15) is 5.75 Å². The van der Waals surface area contributed by atoms with Gasteiger partial charge in [0, 0.05) is 12.0 Å². The Morgan fingerprint density at radius 3 is 2.23 bits per heavy atom. The summed E-state index contributed by atoms with van der Waals surface area (Å²) in [7, 11) is 0. The van der Waals surface area contributed by atoms with Gasteiger partial charge in [0.25, 0.3) is 0 Å². The number of halogens is 1. The molecule has 0 heterocycles. The SMILES string of the molecule is CC(C)Oc1ccc(C(=O)C[C@H](CN)Cc2ccc(-c3ccccc3)cc2)cc1Cl. The Bertz CT molecular complexity index is 968. The van der Waals surface area contributed by atoms with E-state index in [-0.39, 0.29) is 17.8 Å². The Kier molecular flexibility index (Phi) is 7.67. The minimum absolute atomic E-state index is 0.0268. The van der Waals surface area contributed by atoms with Crippen molar-refractivity contribution in [3.05, 3.63) is 88.9 Å². The van der Waals surface area contributed by atoms with Crippen LogP contribution in [0.5, 0.6) is 5.75 Å². The lowest BCUT2D eigenvalue weighted by atomic mass is 9.91. The van der Waals surface area contributed by atoms with Gasteiger partial charge >= 0.3 is 0 Å². The molecule has 156 valence electrons. The predicted molar refractivity (Wildman–Crippen MR) is 124 cm³/mol. The van der Waals surface area contributed by atoms with Crippen molar-refractivity contribution >= 4 is 17.4 Å². The van der Waals surface area contributed by atoms with Crippen LogP contribution in [-0.4, -0.2) is 18.4 Å². The van der Waals surface area contributed by atoms with E-state index in [2.05, 4.69) is 36.4 Å². The molecule has 0 aliphatic rings. The molecule has 4 heteroatoms. The number of carbonyl (C=O) groups is 1. The van der Waals surface area contributed by atoms with Crippen LogP contribution in [0.1, 0.15) is 36.2 Å². The van der Waals surface area contributed by atoms with Crippen LogP contribution in [0.2, 0.25) is 5.02 Å². The van der Waals surface area contributed by atoms with Crippen LogP contribution < -0.4 is 10.5 Å². The first kappa shape index (κ1) is 22.1. The van der Waals surface area contributed by atoms with Crippen LogP contribution >= 0.6 is 11.6 Å². The summed E-state index contributed by atoms with van der Waals surface area (Å²) in [4.78, 5) is 12.8. The van der Waals surface area contributed by atoms with E-state index < -0.39 is 0 Å². The van der Waals surface area contributed by atoms with Crippen LogP contribution in [0.3, 0.4) is 0 Å². The molecule has 3 rings (SSSR count). The summed E-state index contributed by atoms with van der Waals surface area (Å²) >= 11 is 6.28. The number of hydrogen-bond acceptors (Lipinski definition) is 3. The van der Waals surface area contributed by atoms with Crippen molar-refractivity contribution in [3.8, 4) is 16.9 Å². The van der Waals surface area contributed by atoms with Gasteiger partial charge in [-0.3, -0.25) is 4.79 Å². The Morgan fingerprint density at radius 1 is 0.967 bits per heavy atom. The second kappa shape index (κ2) is 10.4. The zero-order valence-electron chi connectivity index (χ0n) is 17.5. The summed E-state index contributed by atoms with van der Waals surface area (Å²) in [6, 6.07) is 24.0. The van der Waals surface area contributed by atoms with Gasteiger partial charge in [0.2, 0.25) is 0 Å². The fourth-order valence-corrected chi connectivity index (χ4v) is 3.66. The van der Waals surface area contributed by atoms with Crippen molar-refractivity contribution < 1.29 is 9.53 Å². The van der Waals surface area contributed by atoms with E-state index in [0.717, 1.165) is 6.42 Å². The van der Waals surface area contributed by atoms with Crippen LogP contribution in [0.25, 0.3) is 11.1 Å². The third-order valence-electron chi connectivity index (χ3n) is 5.01. The number of hydrogen-bond donors (Lipinski definition) is 1. The number of benzene rings is 3. The summed E-state index contributed by atoms with van der Waals surface area (Å²) < 4.78 is 5.64.